The molecule has 5 heteroatoms. The van der Waals surface area contributed by atoms with Crippen molar-refractivity contribution in [2.24, 2.45) is 0 Å². The van der Waals surface area contributed by atoms with Crippen molar-refractivity contribution in [2.45, 2.75) is 6.92 Å². The van der Waals surface area contributed by atoms with Gasteiger partial charge in [-0.1, -0.05) is 0 Å². The lowest BCUT2D eigenvalue weighted by Crippen LogP contribution is -2.34. The molecule has 17 heavy (non-hydrogen) atoms. The van der Waals surface area contributed by atoms with Crippen LogP contribution in [0.15, 0.2) is 22.7 Å². The SMILES string of the molecule is Cc1ccc2c(n1)C(=O)C1=C(NCCS1)C2=O. The van der Waals surface area contributed by atoms with Gasteiger partial charge < -0.3 is 5.32 Å². The highest BCUT2D eigenvalue weighted by molar-refractivity contribution is 8.04. The summed E-state index contributed by atoms with van der Waals surface area (Å²) in [5, 5.41) is 3.02. The molecule has 1 N–H and O–H groups in total. The molecule has 1 aliphatic heterocycles. The zero-order valence-electron chi connectivity index (χ0n) is 9.24. The number of allylic oxidation sites excluding steroid dienone is 2. The Bertz CT molecular complexity index is 578. The van der Waals surface area contributed by atoms with Crippen molar-refractivity contribution in [1.29, 1.82) is 0 Å². The van der Waals surface area contributed by atoms with Crippen molar-refractivity contribution in [3.8, 4) is 0 Å². The maximum atomic E-state index is 12.2. The van der Waals surface area contributed by atoms with Gasteiger partial charge in [-0.25, -0.2) is 4.98 Å². The van der Waals surface area contributed by atoms with E-state index >= 15 is 0 Å². The van der Waals surface area contributed by atoms with Crippen LogP contribution in [-0.2, 0) is 0 Å². The quantitative estimate of drug-likeness (QED) is 0.748. The zero-order valence-corrected chi connectivity index (χ0v) is 10.1. The van der Waals surface area contributed by atoms with Crippen LogP contribution in [0.5, 0.6) is 0 Å². The van der Waals surface area contributed by atoms with Gasteiger partial charge in [0.25, 0.3) is 0 Å². The largest absolute Gasteiger partial charge is 0.380 e. The summed E-state index contributed by atoms with van der Waals surface area (Å²) in [4.78, 5) is 29.1. The lowest BCUT2D eigenvalue weighted by Gasteiger charge is -2.24. The molecule has 86 valence electrons. The van der Waals surface area contributed by atoms with Crippen LogP contribution in [0, 0.1) is 6.92 Å². The van der Waals surface area contributed by atoms with E-state index in [0.717, 1.165) is 18.0 Å². The van der Waals surface area contributed by atoms with Crippen molar-refractivity contribution in [3.63, 3.8) is 0 Å². The van der Waals surface area contributed by atoms with E-state index in [9.17, 15) is 9.59 Å². The first-order chi connectivity index (χ1) is 8.18. The van der Waals surface area contributed by atoms with Crippen LogP contribution in [0.2, 0.25) is 0 Å². The average molecular weight is 246 g/mol. The molecule has 0 aromatic carbocycles. The Labute approximate surface area is 103 Å². The van der Waals surface area contributed by atoms with Gasteiger partial charge in [-0.3, -0.25) is 9.59 Å². The van der Waals surface area contributed by atoms with Crippen LogP contribution in [0.25, 0.3) is 0 Å². The summed E-state index contributed by atoms with van der Waals surface area (Å²) >= 11 is 1.44. The number of hydrogen-bond donors (Lipinski definition) is 1. The van der Waals surface area contributed by atoms with Crippen LogP contribution < -0.4 is 5.32 Å². The molecular weight excluding hydrogens is 236 g/mol. The van der Waals surface area contributed by atoms with E-state index < -0.39 is 0 Å². The highest BCUT2D eigenvalue weighted by Gasteiger charge is 2.35. The highest BCUT2D eigenvalue weighted by Crippen LogP contribution is 2.32. The standard InChI is InChI=1S/C12H10N2O2S/c1-6-2-3-7-8(14-6)11(16)12-9(10(7)15)13-4-5-17-12/h2-3,13H,4-5H2,1H3. The average Bonchev–Trinajstić information content (AvgIpc) is 2.36. The third-order valence-electron chi connectivity index (χ3n) is 2.80. The number of nitrogens with one attached hydrogen (secondary N) is 1. The molecule has 0 saturated heterocycles. The fourth-order valence-corrected chi connectivity index (χ4v) is 2.94. The summed E-state index contributed by atoms with van der Waals surface area (Å²) < 4.78 is 0. The molecule has 1 aromatic rings. The summed E-state index contributed by atoms with van der Waals surface area (Å²) in [6.45, 7) is 2.53. The van der Waals surface area contributed by atoms with E-state index in [4.69, 9.17) is 0 Å². The number of hydrogen-bond acceptors (Lipinski definition) is 5. The molecule has 0 amide bonds. The molecular formula is C12H10N2O2S. The third kappa shape index (κ3) is 1.50. The van der Waals surface area contributed by atoms with Gasteiger partial charge in [0, 0.05) is 18.0 Å². The van der Waals surface area contributed by atoms with Crippen molar-refractivity contribution < 1.29 is 9.59 Å². The normalized spacial score (nSPS) is 18.6. The first kappa shape index (κ1) is 10.5. The topological polar surface area (TPSA) is 59.1 Å². The highest BCUT2D eigenvalue weighted by atomic mass is 32.2. The third-order valence-corrected chi connectivity index (χ3v) is 3.89. The van der Waals surface area contributed by atoms with E-state index in [1.807, 2.05) is 6.92 Å². The number of pyridine rings is 1. The van der Waals surface area contributed by atoms with Gasteiger partial charge >= 0.3 is 0 Å². The Morgan fingerprint density at radius 1 is 1.29 bits per heavy atom. The molecule has 3 rings (SSSR count). The number of nitrogens with zero attached hydrogens (tertiary/aromatic N) is 1. The van der Waals surface area contributed by atoms with Crippen LogP contribution in [0.1, 0.15) is 26.5 Å². The Kier molecular flexibility index (Phi) is 2.29. The smallest absolute Gasteiger partial charge is 0.220 e. The van der Waals surface area contributed by atoms with Crippen molar-refractivity contribution in [3.05, 3.63) is 39.7 Å². The number of carbonyl (C=O) groups excluding carboxylic acids is 2. The molecule has 0 spiro atoms. The Morgan fingerprint density at radius 3 is 2.94 bits per heavy atom. The number of fused-ring (bicyclic) bond motifs is 1. The number of rotatable bonds is 0. The number of ketones is 2. The predicted octanol–water partition coefficient (Wildman–Crippen LogP) is 1.32. The van der Waals surface area contributed by atoms with Gasteiger partial charge in [-0.15, -0.1) is 11.8 Å². The minimum Gasteiger partial charge on any atom is -0.380 e. The monoisotopic (exact) mass is 246 g/mol. The van der Waals surface area contributed by atoms with Crippen LogP contribution >= 0.6 is 11.8 Å². The van der Waals surface area contributed by atoms with E-state index in [0.29, 0.717) is 21.9 Å². The minimum atomic E-state index is -0.129. The number of aryl methyl sites for hydroxylation is 1. The molecule has 2 aliphatic rings. The van der Waals surface area contributed by atoms with E-state index in [1.165, 1.54) is 11.8 Å². The van der Waals surface area contributed by atoms with Crippen molar-refractivity contribution >= 4 is 23.3 Å². The second-order valence-corrected chi connectivity index (χ2v) is 5.09. The number of carbonyl (C=O) groups is 2. The van der Waals surface area contributed by atoms with Gasteiger partial charge in [0.1, 0.15) is 11.4 Å². The number of aromatic nitrogens is 1. The molecule has 0 radical (unpaired) electrons. The summed E-state index contributed by atoms with van der Waals surface area (Å²) in [6, 6.07) is 3.44. The molecule has 0 unspecified atom stereocenters. The number of Topliss-reactive ketones (excluding diaryl/α,β-unsaturated/α-hetero) is 2. The second-order valence-electron chi connectivity index (χ2n) is 3.99. The summed E-state index contributed by atoms with van der Waals surface area (Å²) in [5.74, 6) is 0.559. The first-order valence-electron chi connectivity index (χ1n) is 5.36. The van der Waals surface area contributed by atoms with E-state index in [-0.39, 0.29) is 11.6 Å². The van der Waals surface area contributed by atoms with Crippen LogP contribution in [-0.4, -0.2) is 28.8 Å². The van der Waals surface area contributed by atoms with Gasteiger partial charge in [0.2, 0.25) is 11.6 Å². The molecule has 0 atom stereocenters. The van der Waals surface area contributed by atoms with Crippen LogP contribution in [0.4, 0.5) is 0 Å². The summed E-state index contributed by atoms with van der Waals surface area (Å²) in [7, 11) is 0. The van der Waals surface area contributed by atoms with E-state index in [2.05, 4.69) is 10.3 Å². The van der Waals surface area contributed by atoms with Gasteiger partial charge in [-0.05, 0) is 19.1 Å². The van der Waals surface area contributed by atoms with Gasteiger partial charge in [-0.2, -0.15) is 0 Å². The van der Waals surface area contributed by atoms with Crippen LogP contribution in [0.3, 0.4) is 0 Å². The Morgan fingerprint density at radius 2 is 2.12 bits per heavy atom. The second kappa shape index (κ2) is 3.70. The fourth-order valence-electron chi connectivity index (χ4n) is 2.00. The summed E-state index contributed by atoms with van der Waals surface area (Å²) in [6.07, 6.45) is 0. The fraction of sp³-hybridized carbons (Fsp3) is 0.250. The zero-order chi connectivity index (χ0) is 12.0. The molecule has 0 saturated carbocycles. The maximum absolute atomic E-state index is 12.2. The maximum Gasteiger partial charge on any atom is 0.220 e. The molecule has 4 nitrogen and oxygen atoms in total. The van der Waals surface area contributed by atoms with Gasteiger partial charge in [0.05, 0.1) is 10.5 Å². The Balaban J connectivity index is 2.22. The lowest BCUT2D eigenvalue weighted by atomic mass is 9.96. The molecule has 0 bridgehead atoms. The molecule has 1 aliphatic carbocycles. The Hall–Kier alpha value is -1.62. The predicted molar refractivity (Wildman–Crippen MR) is 65.1 cm³/mol. The number of thioether (sulfide) groups is 1. The molecule has 0 fully saturated rings. The van der Waals surface area contributed by atoms with Gasteiger partial charge in [0.15, 0.2) is 0 Å². The lowest BCUT2D eigenvalue weighted by molar-refractivity contribution is 0.0971. The molecule has 2 heterocycles. The first-order valence-corrected chi connectivity index (χ1v) is 6.35. The molecule has 1 aromatic heterocycles. The summed E-state index contributed by atoms with van der Waals surface area (Å²) in [5.41, 5.74) is 1.91. The minimum absolute atomic E-state index is 0.116. The van der Waals surface area contributed by atoms with Crippen molar-refractivity contribution in [2.75, 3.05) is 12.3 Å². The van der Waals surface area contributed by atoms with E-state index in [1.54, 1.807) is 12.1 Å². The van der Waals surface area contributed by atoms with Crippen molar-refractivity contribution in [1.82, 2.24) is 10.3 Å².